The predicted octanol–water partition coefficient (Wildman–Crippen LogP) is 3.04. The largest absolute Gasteiger partial charge is 0.388 e. The highest BCUT2D eigenvalue weighted by Crippen LogP contribution is 2.38. The number of halogens is 1. The molecule has 1 aromatic rings. The third-order valence-electron chi connectivity index (χ3n) is 3.84. The number of nitrogens with zero attached hydrogens (tertiary/aromatic N) is 3. The Morgan fingerprint density at radius 2 is 1.94 bits per heavy atom. The van der Waals surface area contributed by atoms with E-state index in [1.807, 2.05) is 4.68 Å². The molecule has 0 aromatic carbocycles. The van der Waals surface area contributed by atoms with Gasteiger partial charge in [-0.2, -0.15) is 0 Å². The number of aliphatic hydroxyl groups is 1. The maximum Gasteiger partial charge on any atom is 0.217 e. The molecule has 0 saturated heterocycles. The van der Waals surface area contributed by atoms with Gasteiger partial charge in [0.15, 0.2) is 5.82 Å². The van der Waals surface area contributed by atoms with E-state index in [1.165, 1.54) is 0 Å². The van der Waals surface area contributed by atoms with Crippen LogP contribution >= 0.6 is 15.9 Å². The first-order valence-electron chi connectivity index (χ1n) is 5.87. The van der Waals surface area contributed by atoms with Crippen LogP contribution in [0.15, 0.2) is 4.73 Å². The van der Waals surface area contributed by atoms with Crippen molar-refractivity contribution in [2.75, 3.05) is 0 Å². The monoisotopic (exact) mass is 319 g/mol. The summed E-state index contributed by atoms with van der Waals surface area (Å²) in [6.45, 7) is 12.5. The topological polar surface area (TPSA) is 50.9 Å². The molecule has 0 fully saturated rings. The van der Waals surface area contributed by atoms with E-state index < -0.39 is 8.07 Å². The molecule has 0 atom stereocenters. The quantitative estimate of drug-likeness (QED) is 0.868. The zero-order chi connectivity index (χ0) is 13.3. The van der Waals surface area contributed by atoms with Crippen molar-refractivity contribution in [2.45, 2.75) is 58.1 Å². The average Bonchev–Trinajstić information content (AvgIpc) is 2.54. The molecular formula is C11H22BrN3OSi. The second-order valence-corrected chi connectivity index (χ2v) is 12.5. The highest BCUT2D eigenvalue weighted by Gasteiger charge is 2.34. The maximum absolute atomic E-state index is 9.19. The van der Waals surface area contributed by atoms with Crippen molar-refractivity contribution in [1.82, 2.24) is 14.8 Å². The molecule has 0 bridgehead atoms. The molecule has 1 rings (SSSR count). The Labute approximate surface area is 113 Å². The summed E-state index contributed by atoms with van der Waals surface area (Å²) >= 11 is 3.24. The standard InChI is InChI=1S/C11H22BrN3OSi/c1-11(2,3)17(4,5)7-6-15-9(8-16)13-10(12)14-15/h16H,6-8H2,1-5H3. The van der Waals surface area contributed by atoms with Crippen LogP contribution in [0.3, 0.4) is 0 Å². The number of rotatable bonds is 4. The Balaban J connectivity index is 2.73. The van der Waals surface area contributed by atoms with Gasteiger partial charge in [-0.3, -0.25) is 0 Å². The van der Waals surface area contributed by atoms with Gasteiger partial charge in [0, 0.05) is 6.54 Å². The van der Waals surface area contributed by atoms with E-state index in [9.17, 15) is 5.11 Å². The van der Waals surface area contributed by atoms with E-state index in [2.05, 4.69) is 59.9 Å². The molecule has 6 heteroatoms. The third-order valence-corrected chi connectivity index (χ3v) is 9.71. The van der Waals surface area contributed by atoms with Crippen LogP contribution in [0.2, 0.25) is 24.2 Å². The first kappa shape index (κ1) is 14.9. The van der Waals surface area contributed by atoms with Gasteiger partial charge < -0.3 is 5.11 Å². The number of aliphatic hydroxyl groups excluding tert-OH is 1. The summed E-state index contributed by atoms with van der Waals surface area (Å²) in [4.78, 5) is 4.13. The summed E-state index contributed by atoms with van der Waals surface area (Å²) in [5.41, 5.74) is 0. The van der Waals surface area contributed by atoms with Crippen LogP contribution in [-0.2, 0) is 13.2 Å². The fourth-order valence-corrected chi connectivity index (χ4v) is 3.32. The second-order valence-electron chi connectivity index (χ2n) is 6.06. The van der Waals surface area contributed by atoms with Crippen LogP contribution in [0.5, 0.6) is 0 Å². The SMILES string of the molecule is CC(C)(C)[Si](C)(C)CCn1nc(Br)nc1CO. The minimum Gasteiger partial charge on any atom is -0.388 e. The van der Waals surface area contributed by atoms with Crippen molar-refractivity contribution in [3.63, 3.8) is 0 Å². The Morgan fingerprint density at radius 1 is 1.35 bits per heavy atom. The summed E-state index contributed by atoms with van der Waals surface area (Å²) in [7, 11) is -1.30. The van der Waals surface area contributed by atoms with Crippen LogP contribution in [-0.4, -0.2) is 27.9 Å². The molecule has 17 heavy (non-hydrogen) atoms. The Hall–Kier alpha value is -0.203. The molecule has 0 aliphatic heterocycles. The summed E-state index contributed by atoms with van der Waals surface area (Å²) in [6, 6.07) is 1.14. The molecule has 0 spiro atoms. The minimum absolute atomic E-state index is 0.0594. The lowest BCUT2D eigenvalue weighted by atomic mass is 10.2. The molecule has 1 N–H and O–H groups in total. The molecule has 0 radical (unpaired) electrons. The molecule has 0 unspecified atom stereocenters. The third kappa shape index (κ3) is 3.63. The highest BCUT2D eigenvalue weighted by atomic mass is 79.9. The van der Waals surface area contributed by atoms with Gasteiger partial charge >= 0.3 is 0 Å². The van der Waals surface area contributed by atoms with Crippen molar-refractivity contribution < 1.29 is 5.11 Å². The summed E-state index contributed by atoms with van der Waals surface area (Å²) in [5.74, 6) is 0.635. The zero-order valence-electron chi connectivity index (χ0n) is 11.3. The lowest BCUT2D eigenvalue weighted by Gasteiger charge is -2.37. The minimum atomic E-state index is -1.30. The smallest absolute Gasteiger partial charge is 0.217 e. The first-order chi connectivity index (χ1) is 7.67. The maximum atomic E-state index is 9.19. The zero-order valence-corrected chi connectivity index (χ0v) is 13.9. The van der Waals surface area contributed by atoms with Gasteiger partial charge in [0.05, 0.1) is 8.07 Å². The van der Waals surface area contributed by atoms with Gasteiger partial charge in [0.25, 0.3) is 0 Å². The van der Waals surface area contributed by atoms with Gasteiger partial charge in [-0.25, -0.2) is 9.67 Å². The van der Waals surface area contributed by atoms with E-state index in [-0.39, 0.29) is 6.61 Å². The molecular weight excluding hydrogens is 298 g/mol. The number of hydrogen-bond acceptors (Lipinski definition) is 3. The number of hydrogen-bond donors (Lipinski definition) is 1. The normalized spacial score (nSPS) is 13.1. The van der Waals surface area contributed by atoms with Crippen LogP contribution < -0.4 is 0 Å². The van der Waals surface area contributed by atoms with E-state index in [0.717, 1.165) is 12.6 Å². The van der Waals surface area contributed by atoms with Crippen LogP contribution in [0.1, 0.15) is 26.6 Å². The molecule has 98 valence electrons. The lowest BCUT2D eigenvalue weighted by molar-refractivity contribution is 0.263. The number of aryl methyl sites for hydroxylation is 1. The summed E-state index contributed by atoms with van der Waals surface area (Å²) in [5, 5.41) is 13.8. The molecule has 4 nitrogen and oxygen atoms in total. The van der Waals surface area contributed by atoms with Gasteiger partial charge in [0.1, 0.15) is 6.61 Å². The van der Waals surface area contributed by atoms with Crippen molar-refractivity contribution in [3.8, 4) is 0 Å². The fraction of sp³-hybridized carbons (Fsp3) is 0.818. The Bertz CT molecular complexity index is 385. The van der Waals surface area contributed by atoms with Crippen LogP contribution in [0, 0.1) is 0 Å². The number of aromatic nitrogens is 3. The van der Waals surface area contributed by atoms with E-state index in [0.29, 0.717) is 15.6 Å². The van der Waals surface area contributed by atoms with Gasteiger partial charge in [-0.15, -0.1) is 5.10 Å². The molecule has 0 amide bonds. The fourth-order valence-electron chi connectivity index (χ4n) is 1.40. The lowest BCUT2D eigenvalue weighted by Crippen LogP contribution is -2.38. The molecule has 1 heterocycles. The van der Waals surface area contributed by atoms with Crippen molar-refractivity contribution >= 4 is 24.0 Å². The van der Waals surface area contributed by atoms with Crippen molar-refractivity contribution in [2.24, 2.45) is 0 Å². The predicted molar refractivity (Wildman–Crippen MR) is 75.6 cm³/mol. The molecule has 0 aliphatic rings. The van der Waals surface area contributed by atoms with E-state index in [4.69, 9.17) is 0 Å². The van der Waals surface area contributed by atoms with E-state index >= 15 is 0 Å². The van der Waals surface area contributed by atoms with Gasteiger partial charge in [-0.05, 0) is 27.0 Å². The average molecular weight is 320 g/mol. The Morgan fingerprint density at radius 3 is 2.41 bits per heavy atom. The van der Waals surface area contributed by atoms with Gasteiger partial charge in [-0.1, -0.05) is 33.9 Å². The summed E-state index contributed by atoms with van der Waals surface area (Å²) in [6.07, 6.45) is 0. The molecule has 0 aliphatic carbocycles. The van der Waals surface area contributed by atoms with Crippen molar-refractivity contribution in [1.29, 1.82) is 0 Å². The van der Waals surface area contributed by atoms with Gasteiger partial charge in [0.2, 0.25) is 4.73 Å². The molecule has 1 aromatic heterocycles. The second kappa shape index (κ2) is 5.20. The summed E-state index contributed by atoms with van der Waals surface area (Å²) < 4.78 is 2.36. The van der Waals surface area contributed by atoms with Crippen LogP contribution in [0.25, 0.3) is 0 Å². The molecule has 0 saturated carbocycles. The van der Waals surface area contributed by atoms with Crippen molar-refractivity contribution in [3.05, 3.63) is 10.6 Å². The first-order valence-corrected chi connectivity index (χ1v) is 9.87. The van der Waals surface area contributed by atoms with E-state index in [1.54, 1.807) is 0 Å². The highest BCUT2D eigenvalue weighted by molar-refractivity contribution is 9.10. The Kier molecular flexibility index (Phi) is 4.54. The van der Waals surface area contributed by atoms with Crippen LogP contribution in [0.4, 0.5) is 0 Å².